The minimum absolute atomic E-state index is 0.00603. The van der Waals surface area contributed by atoms with Crippen molar-refractivity contribution in [1.82, 2.24) is 5.32 Å². The van der Waals surface area contributed by atoms with Crippen molar-refractivity contribution in [2.24, 2.45) is 0 Å². The number of aryl methyl sites for hydroxylation is 1. The Morgan fingerprint density at radius 2 is 2.00 bits per heavy atom. The number of alkyl carbamates (subject to hydrolysis) is 1. The summed E-state index contributed by atoms with van der Waals surface area (Å²) in [4.78, 5) is 22.0. The molecule has 1 aromatic rings. The van der Waals surface area contributed by atoms with Gasteiger partial charge in [0.05, 0.1) is 10.5 Å². The molecule has 0 fully saturated rings. The van der Waals surface area contributed by atoms with Crippen molar-refractivity contribution in [2.45, 2.75) is 45.5 Å². The lowest BCUT2D eigenvalue weighted by atomic mass is 9.99. The highest BCUT2D eigenvalue weighted by Gasteiger charge is 2.28. The zero-order valence-electron chi connectivity index (χ0n) is 13.6. The first-order valence-electron chi connectivity index (χ1n) is 7.10. The van der Waals surface area contributed by atoms with Crippen molar-refractivity contribution in [2.75, 3.05) is 6.54 Å². The number of aliphatic hydroxyl groups is 2. The van der Waals surface area contributed by atoms with E-state index >= 15 is 0 Å². The smallest absolute Gasteiger partial charge is 0.407 e. The number of hydrogen-bond acceptors (Lipinski definition) is 6. The number of nitrogens with one attached hydrogen (secondary N) is 1. The SMILES string of the molecule is Cc1cccc(C(O)C(O)CNC(=O)OC(C)(C)C)c1[N+](=O)[O-]. The van der Waals surface area contributed by atoms with E-state index in [4.69, 9.17) is 4.74 Å². The number of carbonyl (C=O) groups is 1. The van der Waals surface area contributed by atoms with Crippen LogP contribution in [0.25, 0.3) is 0 Å². The first-order valence-corrected chi connectivity index (χ1v) is 7.10. The van der Waals surface area contributed by atoms with E-state index in [-0.39, 0.29) is 17.8 Å². The molecule has 1 aromatic carbocycles. The maximum atomic E-state index is 11.5. The molecule has 1 amide bonds. The number of nitrogens with zero attached hydrogens (tertiary/aromatic N) is 1. The van der Waals surface area contributed by atoms with Crippen molar-refractivity contribution in [1.29, 1.82) is 0 Å². The number of aliphatic hydroxyl groups excluding tert-OH is 2. The van der Waals surface area contributed by atoms with Gasteiger partial charge in [0.2, 0.25) is 0 Å². The van der Waals surface area contributed by atoms with Crippen molar-refractivity contribution in [3.63, 3.8) is 0 Å². The lowest BCUT2D eigenvalue weighted by Crippen LogP contribution is -2.39. The molecule has 0 saturated heterocycles. The molecule has 128 valence electrons. The van der Waals surface area contributed by atoms with Gasteiger partial charge in [0, 0.05) is 12.1 Å². The Hall–Kier alpha value is -2.19. The van der Waals surface area contributed by atoms with E-state index in [1.807, 2.05) is 0 Å². The molecule has 2 unspecified atom stereocenters. The van der Waals surface area contributed by atoms with Crippen LogP contribution in [0.5, 0.6) is 0 Å². The fraction of sp³-hybridized carbons (Fsp3) is 0.533. The predicted molar refractivity (Wildman–Crippen MR) is 83.0 cm³/mol. The molecule has 0 spiro atoms. The van der Waals surface area contributed by atoms with E-state index in [1.54, 1.807) is 39.8 Å². The van der Waals surface area contributed by atoms with E-state index in [2.05, 4.69) is 5.32 Å². The van der Waals surface area contributed by atoms with Crippen LogP contribution < -0.4 is 5.32 Å². The third-order valence-electron chi connectivity index (χ3n) is 2.99. The Morgan fingerprint density at radius 1 is 1.39 bits per heavy atom. The topological polar surface area (TPSA) is 122 Å². The summed E-state index contributed by atoms with van der Waals surface area (Å²) in [5.41, 5.74) is -0.577. The number of benzene rings is 1. The summed E-state index contributed by atoms with van der Waals surface area (Å²) in [5.74, 6) is 0. The van der Waals surface area contributed by atoms with Gasteiger partial charge in [-0.3, -0.25) is 10.1 Å². The second-order valence-electron chi connectivity index (χ2n) is 6.16. The maximum absolute atomic E-state index is 11.5. The van der Waals surface area contributed by atoms with Crippen LogP contribution in [0, 0.1) is 17.0 Å². The monoisotopic (exact) mass is 326 g/mol. The van der Waals surface area contributed by atoms with Gasteiger partial charge in [-0.05, 0) is 33.8 Å². The number of ether oxygens (including phenoxy) is 1. The molecule has 23 heavy (non-hydrogen) atoms. The molecule has 2 atom stereocenters. The maximum Gasteiger partial charge on any atom is 0.407 e. The standard InChI is InChI=1S/C15H22N2O6/c1-9-6-5-7-10(12(9)17(21)22)13(19)11(18)8-16-14(20)23-15(2,3)4/h5-7,11,13,18-19H,8H2,1-4H3,(H,16,20). The molecule has 0 aliphatic carbocycles. The third kappa shape index (κ3) is 5.50. The normalized spacial score (nSPS) is 14.0. The molecule has 0 aliphatic rings. The molecule has 1 rings (SSSR count). The Labute approximate surface area is 134 Å². The minimum Gasteiger partial charge on any atom is -0.444 e. The largest absolute Gasteiger partial charge is 0.444 e. The lowest BCUT2D eigenvalue weighted by Gasteiger charge is -2.22. The van der Waals surface area contributed by atoms with Crippen LogP contribution in [0.3, 0.4) is 0 Å². The Balaban J connectivity index is 2.78. The molecular weight excluding hydrogens is 304 g/mol. The number of rotatable bonds is 5. The molecule has 8 heteroatoms. The van der Waals surface area contributed by atoms with Gasteiger partial charge in [-0.15, -0.1) is 0 Å². The summed E-state index contributed by atoms with van der Waals surface area (Å²) in [6, 6.07) is 4.46. The summed E-state index contributed by atoms with van der Waals surface area (Å²) in [7, 11) is 0. The average Bonchev–Trinajstić information content (AvgIpc) is 2.41. The van der Waals surface area contributed by atoms with E-state index in [9.17, 15) is 25.1 Å². The summed E-state index contributed by atoms with van der Waals surface area (Å²) in [6.45, 7) is 6.30. The second kappa shape index (κ2) is 7.38. The van der Waals surface area contributed by atoms with Gasteiger partial charge in [-0.1, -0.05) is 12.1 Å². The zero-order chi connectivity index (χ0) is 17.8. The van der Waals surface area contributed by atoms with Gasteiger partial charge in [-0.2, -0.15) is 0 Å². The molecule has 0 heterocycles. The Kier molecular flexibility index (Phi) is 6.05. The van der Waals surface area contributed by atoms with Crippen LogP contribution in [0.2, 0.25) is 0 Å². The number of nitro benzene ring substituents is 1. The Morgan fingerprint density at radius 3 is 2.52 bits per heavy atom. The average molecular weight is 326 g/mol. The minimum atomic E-state index is -1.51. The number of amides is 1. The fourth-order valence-corrected chi connectivity index (χ4v) is 1.99. The highest BCUT2D eigenvalue weighted by molar-refractivity contribution is 5.67. The van der Waals surface area contributed by atoms with Crippen LogP contribution >= 0.6 is 0 Å². The molecule has 0 saturated carbocycles. The van der Waals surface area contributed by atoms with Crippen molar-refractivity contribution >= 4 is 11.8 Å². The van der Waals surface area contributed by atoms with Gasteiger partial charge in [0.25, 0.3) is 5.69 Å². The second-order valence-corrected chi connectivity index (χ2v) is 6.16. The summed E-state index contributed by atoms with van der Waals surface area (Å²) < 4.78 is 5.00. The quantitative estimate of drug-likeness (QED) is 0.560. The van der Waals surface area contributed by atoms with Crippen LogP contribution in [0.15, 0.2) is 18.2 Å². The lowest BCUT2D eigenvalue weighted by molar-refractivity contribution is -0.386. The van der Waals surface area contributed by atoms with Gasteiger partial charge >= 0.3 is 6.09 Å². The molecular formula is C15H22N2O6. The van der Waals surface area contributed by atoms with Gasteiger partial charge in [-0.25, -0.2) is 4.79 Å². The number of hydrogen-bond donors (Lipinski definition) is 3. The third-order valence-corrected chi connectivity index (χ3v) is 2.99. The zero-order valence-corrected chi connectivity index (χ0v) is 13.6. The van der Waals surface area contributed by atoms with Gasteiger partial charge in [0.15, 0.2) is 0 Å². The summed E-state index contributed by atoms with van der Waals surface area (Å²) >= 11 is 0. The molecule has 3 N–H and O–H groups in total. The van der Waals surface area contributed by atoms with Gasteiger partial charge < -0.3 is 20.3 Å². The summed E-state index contributed by atoms with van der Waals surface area (Å²) in [6.07, 6.45) is -3.67. The molecule has 8 nitrogen and oxygen atoms in total. The van der Waals surface area contributed by atoms with E-state index < -0.39 is 28.8 Å². The highest BCUT2D eigenvalue weighted by atomic mass is 16.6. The fourth-order valence-electron chi connectivity index (χ4n) is 1.99. The molecule has 0 radical (unpaired) electrons. The van der Waals surface area contributed by atoms with Crippen LogP contribution in [0.1, 0.15) is 38.0 Å². The number of carbonyl (C=O) groups excluding carboxylic acids is 1. The summed E-state index contributed by atoms with van der Waals surface area (Å²) in [5, 5.41) is 33.5. The first-order chi connectivity index (χ1) is 10.5. The Bertz CT molecular complexity index is 582. The highest BCUT2D eigenvalue weighted by Crippen LogP contribution is 2.30. The molecule has 0 aliphatic heterocycles. The molecule has 0 bridgehead atoms. The van der Waals surface area contributed by atoms with E-state index in [0.29, 0.717) is 5.56 Å². The van der Waals surface area contributed by atoms with Crippen LogP contribution in [0.4, 0.5) is 10.5 Å². The number of para-hydroxylation sites is 1. The van der Waals surface area contributed by atoms with E-state index in [1.165, 1.54) is 6.07 Å². The van der Waals surface area contributed by atoms with Crippen molar-refractivity contribution < 1.29 is 24.7 Å². The first kappa shape index (κ1) is 18.9. The van der Waals surface area contributed by atoms with E-state index in [0.717, 1.165) is 0 Å². The van der Waals surface area contributed by atoms with Crippen molar-refractivity contribution in [3.8, 4) is 0 Å². The van der Waals surface area contributed by atoms with Crippen LogP contribution in [-0.4, -0.2) is 39.5 Å². The van der Waals surface area contributed by atoms with Crippen molar-refractivity contribution in [3.05, 3.63) is 39.4 Å². The predicted octanol–water partition coefficient (Wildman–Crippen LogP) is 1.82. The van der Waals surface area contributed by atoms with Gasteiger partial charge in [0.1, 0.15) is 17.8 Å². The molecule has 0 aromatic heterocycles. The number of nitro groups is 1. The van der Waals surface area contributed by atoms with Crippen LogP contribution in [-0.2, 0) is 4.74 Å².